The summed E-state index contributed by atoms with van der Waals surface area (Å²) in [4.78, 5) is 11.9. The third kappa shape index (κ3) is 3.53. The predicted octanol–water partition coefficient (Wildman–Crippen LogP) is 3.43. The molecule has 0 aromatic heterocycles. The number of benzene rings is 1. The van der Waals surface area contributed by atoms with Gasteiger partial charge in [0.05, 0.1) is 0 Å². The van der Waals surface area contributed by atoms with Crippen LogP contribution < -0.4 is 5.32 Å². The van der Waals surface area contributed by atoms with E-state index in [4.69, 9.17) is 0 Å². The normalized spacial score (nSPS) is 14.2. The fourth-order valence-electron chi connectivity index (χ4n) is 1.30. The molecular weight excluding hydrogens is 285 g/mol. The molecule has 0 aliphatic carbocycles. The second-order valence-electron chi connectivity index (χ2n) is 4.47. The first-order chi connectivity index (χ1) is 7.91. The van der Waals surface area contributed by atoms with Crippen molar-refractivity contribution < 1.29 is 9.18 Å². The molecule has 1 amide bonds. The summed E-state index contributed by atoms with van der Waals surface area (Å²) in [7, 11) is 0. The maximum atomic E-state index is 13.3. The highest BCUT2D eigenvalue weighted by Gasteiger charge is 2.23. The Hall–Kier alpha value is -0.900. The van der Waals surface area contributed by atoms with Gasteiger partial charge in [-0.05, 0) is 38.0 Å². The zero-order chi connectivity index (χ0) is 13.1. The molecule has 17 heavy (non-hydrogen) atoms. The predicted molar refractivity (Wildman–Crippen MR) is 71.1 cm³/mol. The van der Waals surface area contributed by atoms with Crippen molar-refractivity contribution in [1.29, 1.82) is 0 Å². The van der Waals surface area contributed by atoms with E-state index in [1.165, 1.54) is 6.07 Å². The number of carbonyl (C=O) groups is 1. The first-order valence-corrected chi connectivity index (χ1v) is 6.68. The number of hydrogen-bond acceptors (Lipinski definition) is 1. The van der Waals surface area contributed by atoms with Gasteiger partial charge in [0.1, 0.15) is 5.82 Å². The molecule has 1 rings (SSSR count). The summed E-state index contributed by atoms with van der Waals surface area (Å²) >= 11 is 3.37. The van der Waals surface area contributed by atoms with Gasteiger partial charge in [0.15, 0.2) is 0 Å². The molecule has 1 unspecified atom stereocenters. The Morgan fingerprint density at radius 1 is 1.53 bits per heavy atom. The van der Waals surface area contributed by atoms with E-state index in [1.54, 1.807) is 19.1 Å². The zero-order valence-corrected chi connectivity index (χ0v) is 11.9. The van der Waals surface area contributed by atoms with Crippen LogP contribution in [-0.4, -0.2) is 16.8 Å². The van der Waals surface area contributed by atoms with Crippen LogP contribution in [0.5, 0.6) is 0 Å². The van der Waals surface area contributed by atoms with Gasteiger partial charge in [-0.15, -0.1) is 0 Å². The molecular formula is C13H17BrFNO. The summed E-state index contributed by atoms with van der Waals surface area (Å²) in [6, 6.07) is 4.52. The number of rotatable bonds is 4. The quantitative estimate of drug-likeness (QED) is 0.848. The standard InChI is InChI=1S/C13H17BrFNO/c1-4-13(3,8-14)16-12(17)10-6-5-9(2)11(15)7-10/h5-7H,4,8H2,1-3H3,(H,16,17). The minimum absolute atomic E-state index is 0.243. The highest BCUT2D eigenvalue weighted by molar-refractivity contribution is 9.09. The van der Waals surface area contributed by atoms with Gasteiger partial charge in [0.25, 0.3) is 5.91 Å². The van der Waals surface area contributed by atoms with Crippen molar-refractivity contribution in [3.8, 4) is 0 Å². The molecule has 0 bridgehead atoms. The highest BCUT2D eigenvalue weighted by Crippen LogP contribution is 2.15. The van der Waals surface area contributed by atoms with Gasteiger partial charge in [-0.2, -0.15) is 0 Å². The lowest BCUT2D eigenvalue weighted by Gasteiger charge is -2.27. The molecule has 0 saturated heterocycles. The minimum Gasteiger partial charge on any atom is -0.346 e. The van der Waals surface area contributed by atoms with Crippen molar-refractivity contribution in [2.24, 2.45) is 0 Å². The van der Waals surface area contributed by atoms with Gasteiger partial charge in [0.2, 0.25) is 0 Å². The lowest BCUT2D eigenvalue weighted by Crippen LogP contribution is -2.46. The molecule has 0 aliphatic heterocycles. The molecule has 0 spiro atoms. The summed E-state index contributed by atoms with van der Waals surface area (Å²) in [5, 5.41) is 3.57. The lowest BCUT2D eigenvalue weighted by molar-refractivity contribution is 0.0913. The number of carbonyl (C=O) groups excluding carboxylic acids is 1. The number of amides is 1. The largest absolute Gasteiger partial charge is 0.346 e. The number of aryl methyl sites for hydroxylation is 1. The molecule has 1 N–H and O–H groups in total. The summed E-state index contributed by atoms with van der Waals surface area (Å²) in [6.07, 6.45) is 0.804. The van der Waals surface area contributed by atoms with Crippen LogP contribution in [0.1, 0.15) is 36.2 Å². The number of hydrogen-bond donors (Lipinski definition) is 1. The molecule has 1 aromatic carbocycles. The van der Waals surface area contributed by atoms with Crippen LogP contribution in [0.3, 0.4) is 0 Å². The van der Waals surface area contributed by atoms with Crippen molar-refractivity contribution in [3.05, 3.63) is 35.1 Å². The topological polar surface area (TPSA) is 29.1 Å². The third-order valence-corrected chi connectivity index (χ3v) is 4.16. The van der Waals surface area contributed by atoms with E-state index in [2.05, 4.69) is 21.2 Å². The number of alkyl halides is 1. The Bertz CT molecular complexity index is 416. The lowest BCUT2D eigenvalue weighted by atomic mass is 10.0. The SMILES string of the molecule is CCC(C)(CBr)NC(=O)c1ccc(C)c(F)c1. The van der Waals surface area contributed by atoms with Crippen LogP contribution in [0, 0.1) is 12.7 Å². The Kier molecular flexibility index (Phi) is 4.69. The van der Waals surface area contributed by atoms with E-state index in [0.717, 1.165) is 6.42 Å². The van der Waals surface area contributed by atoms with Gasteiger partial charge in [-0.1, -0.05) is 28.9 Å². The van der Waals surface area contributed by atoms with Crippen LogP contribution in [0.15, 0.2) is 18.2 Å². The van der Waals surface area contributed by atoms with E-state index in [-0.39, 0.29) is 17.3 Å². The van der Waals surface area contributed by atoms with Crippen LogP contribution in [-0.2, 0) is 0 Å². The first kappa shape index (κ1) is 14.2. The Morgan fingerprint density at radius 2 is 2.18 bits per heavy atom. The number of nitrogens with one attached hydrogen (secondary N) is 1. The number of halogens is 2. The van der Waals surface area contributed by atoms with Gasteiger partial charge >= 0.3 is 0 Å². The van der Waals surface area contributed by atoms with Gasteiger partial charge in [-0.3, -0.25) is 4.79 Å². The summed E-state index contributed by atoms with van der Waals surface area (Å²) in [6.45, 7) is 5.62. The Labute approximate surface area is 110 Å². The average Bonchev–Trinajstić information content (AvgIpc) is 2.32. The van der Waals surface area contributed by atoms with E-state index < -0.39 is 0 Å². The van der Waals surface area contributed by atoms with Crippen molar-refractivity contribution in [1.82, 2.24) is 5.32 Å². The highest BCUT2D eigenvalue weighted by atomic mass is 79.9. The second-order valence-corrected chi connectivity index (χ2v) is 5.03. The first-order valence-electron chi connectivity index (χ1n) is 5.56. The molecule has 94 valence electrons. The molecule has 0 fully saturated rings. The van der Waals surface area contributed by atoms with E-state index in [1.807, 2.05) is 13.8 Å². The van der Waals surface area contributed by atoms with Gasteiger partial charge < -0.3 is 5.32 Å². The summed E-state index contributed by atoms with van der Waals surface area (Å²) < 4.78 is 13.3. The smallest absolute Gasteiger partial charge is 0.251 e. The molecule has 1 atom stereocenters. The molecule has 0 saturated carbocycles. The van der Waals surface area contributed by atoms with Crippen LogP contribution in [0.2, 0.25) is 0 Å². The maximum absolute atomic E-state index is 13.3. The molecule has 0 heterocycles. The van der Waals surface area contributed by atoms with E-state index in [9.17, 15) is 9.18 Å². The van der Waals surface area contributed by atoms with Crippen molar-refractivity contribution in [2.45, 2.75) is 32.7 Å². The fraction of sp³-hybridized carbons (Fsp3) is 0.462. The van der Waals surface area contributed by atoms with Gasteiger partial charge in [-0.25, -0.2) is 4.39 Å². The van der Waals surface area contributed by atoms with Crippen LogP contribution in [0.4, 0.5) is 4.39 Å². The summed E-state index contributed by atoms with van der Waals surface area (Å²) in [5.74, 6) is -0.595. The monoisotopic (exact) mass is 301 g/mol. The van der Waals surface area contributed by atoms with Crippen LogP contribution >= 0.6 is 15.9 Å². The Morgan fingerprint density at radius 3 is 2.65 bits per heavy atom. The summed E-state index contributed by atoms with van der Waals surface area (Å²) in [5.41, 5.74) is 0.590. The molecule has 0 aliphatic rings. The molecule has 4 heteroatoms. The average molecular weight is 302 g/mol. The zero-order valence-electron chi connectivity index (χ0n) is 10.3. The third-order valence-electron chi connectivity index (χ3n) is 2.92. The van der Waals surface area contributed by atoms with Gasteiger partial charge in [0, 0.05) is 16.4 Å². The van der Waals surface area contributed by atoms with Crippen molar-refractivity contribution in [3.63, 3.8) is 0 Å². The fourth-order valence-corrected chi connectivity index (χ4v) is 1.83. The molecule has 2 nitrogen and oxygen atoms in total. The minimum atomic E-state index is -0.352. The van der Waals surface area contributed by atoms with Crippen LogP contribution in [0.25, 0.3) is 0 Å². The van der Waals surface area contributed by atoms with E-state index in [0.29, 0.717) is 16.5 Å². The van der Waals surface area contributed by atoms with Crippen molar-refractivity contribution in [2.75, 3.05) is 5.33 Å². The maximum Gasteiger partial charge on any atom is 0.251 e. The Balaban J connectivity index is 2.86. The van der Waals surface area contributed by atoms with E-state index >= 15 is 0 Å². The second kappa shape index (κ2) is 5.63. The molecule has 1 aromatic rings. The van der Waals surface area contributed by atoms with Crippen molar-refractivity contribution >= 4 is 21.8 Å². The molecule has 0 radical (unpaired) electrons.